The van der Waals surface area contributed by atoms with Gasteiger partial charge in [-0.25, -0.2) is 9.78 Å². The van der Waals surface area contributed by atoms with Crippen molar-refractivity contribution in [3.63, 3.8) is 0 Å². The monoisotopic (exact) mass is 508 g/mol. The molecule has 2 aromatic heterocycles. The minimum Gasteiger partial charge on any atom is -0.444 e. The van der Waals surface area contributed by atoms with Crippen molar-refractivity contribution >= 4 is 17.8 Å². The molecule has 3 rings (SSSR count). The number of rotatable bonds is 9. The Labute approximate surface area is 219 Å². The number of H-pyrrole nitrogens is 1. The van der Waals surface area contributed by atoms with E-state index in [2.05, 4.69) is 46.5 Å². The van der Waals surface area contributed by atoms with Crippen LogP contribution in [0.3, 0.4) is 0 Å². The van der Waals surface area contributed by atoms with E-state index in [0.717, 1.165) is 41.1 Å². The molecule has 0 saturated heterocycles. The Morgan fingerprint density at radius 2 is 1.81 bits per heavy atom. The zero-order chi connectivity index (χ0) is 27.4. The third-order valence-electron chi connectivity index (χ3n) is 6.13. The van der Waals surface area contributed by atoms with Gasteiger partial charge in [0.1, 0.15) is 11.4 Å². The average molecular weight is 509 g/mol. The minimum atomic E-state index is -0.605. The van der Waals surface area contributed by atoms with Crippen LogP contribution in [0, 0.1) is 5.41 Å². The van der Waals surface area contributed by atoms with Crippen LogP contribution in [0.1, 0.15) is 78.0 Å². The molecule has 9 nitrogen and oxygen atoms in total. The second kappa shape index (κ2) is 11.2. The van der Waals surface area contributed by atoms with Crippen LogP contribution >= 0.6 is 0 Å². The van der Waals surface area contributed by atoms with Gasteiger partial charge in [-0.1, -0.05) is 51.5 Å². The maximum absolute atomic E-state index is 12.3. The molecule has 9 heteroatoms. The predicted octanol–water partition coefficient (Wildman–Crippen LogP) is 5.56. The lowest BCUT2D eigenvalue weighted by Gasteiger charge is -2.21. The van der Waals surface area contributed by atoms with Gasteiger partial charge in [0.25, 0.3) is 0 Å². The molecular weight excluding hydrogens is 468 g/mol. The van der Waals surface area contributed by atoms with Crippen LogP contribution in [0.5, 0.6) is 0 Å². The summed E-state index contributed by atoms with van der Waals surface area (Å²) < 4.78 is 7.02. The van der Waals surface area contributed by atoms with Crippen LogP contribution in [0.25, 0.3) is 11.1 Å². The Kier molecular flexibility index (Phi) is 8.46. The normalized spacial score (nSPS) is 12.8. The van der Waals surface area contributed by atoms with Gasteiger partial charge in [-0.05, 0) is 50.2 Å². The van der Waals surface area contributed by atoms with Crippen molar-refractivity contribution in [2.45, 2.75) is 79.4 Å². The van der Waals surface area contributed by atoms with Crippen molar-refractivity contribution in [1.82, 2.24) is 25.1 Å². The van der Waals surface area contributed by atoms with Crippen molar-refractivity contribution in [2.75, 3.05) is 5.32 Å². The summed E-state index contributed by atoms with van der Waals surface area (Å²) in [7, 11) is 1.80. The first-order valence-corrected chi connectivity index (χ1v) is 12.7. The Morgan fingerprint density at radius 1 is 1.14 bits per heavy atom. The third kappa shape index (κ3) is 8.20. The van der Waals surface area contributed by atoms with Crippen LogP contribution in [0.15, 0.2) is 36.7 Å². The largest absolute Gasteiger partial charge is 0.444 e. The first-order valence-electron chi connectivity index (χ1n) is 12.7. The number of nitrogens with zero attached hydrogens (tertiary/aromatic N) is 3. The Hall–Kier alpha value is -3.62. The zero-order valence-corrected chi connectivity index (χ0v) is 23.2. The first-order chi connectivity index (χ1) is 17.2. The van der Waals surface area contributed by atoms with E-state index in [1.165, 1.54) is 6.92 Å². The highest BCUT2D eigenvalue weighted by Crippen LogP contribution is 2.29. The maximum atomic E-state index is 12.3. The third-order valence-corrected chi connectivity index (χ3v) is 6.13. The lowest BCUT2D eigenvalue weighted by atomic mass is 9.85. The van der Waals surface area contributed by atoms with E-state index in [0.29, 0.717) is 12.2 Å². The Balaban J connectivity index is 1.77. The van der Waals surface area contributed by atoms with Gasteiger partial charge in [0, 0.05) is 37.6 Å². The number of aromatic nitrogens is 4. The lowest BCUT2D eigenvalue weighted by Crippen LogP contribution is -2.28. The molecule has 0 saturated carbocycles. The minimum absolute atomic E-state index is 0.110. The van der Waals surface area contributed by atoms with Crippen molar-refractivity contribution in [3.8, 4) is 11.1 Å². The van der Waals surface area contributed by atoms with Crippen LogP contribution < -0.4 is 10.6 Å². The van der Waals surface area contributed by atoms with Crippen molar-refractivity contribution in [2.24, 2.45) is 12.5 Å². The summed E-state index contributed by atoms with van der Waals surface area (Å²) in [4.78, 5) is 32.2. The number of anilines is 1. The molecule has 3 aromatic rings. The molecule has 2 amide bonds. The fourth-order valence-corrected chi connectivity index (χ4v) is 3.99. The number of hydrogen-bond donors (Lipinski definition) is 3. The number of hydrogen-bond acceptors (Lipinski definition) is 5. The summed E-state index contributed by atoms with van der Waals surface area (Å²) in [5.41, 5.74) is 3.36. The average Bonchev–Trinajstić information content (AvgIpc) is 3.38. The molecule has 3 N–H and O–H groups in total. The zero-order valence-electron chi connectivity index (χ0n) is 23.2. The standard InChI is InChI=1S/C28H40N6O3/c1-9-28(6,7)15-21-16-29-25(31-21)23(30-18(2)35)14-19-10-12-20(13-11-19)22-17-34(8)33-24(22)32-26(36)37-27(3,4)5/h10-13,16-17,23H,9,14-15H2,1-8H3,(H,29,31)(H,30,35)(H,32,33,36). The summed E-state index contributed by atoms with van der Waals surface area (Å²) in [5.74, 6) is 1.07. The molecule has 0 aliphatic rings. The molecule has 200 valence electrons. The number of carbonyl (C=O) groups is 2. The molecule has 0 aliphatic heterocycles. The van der Waals surface area contributed by atoms with Gasteiger partial charge in [0.2, 0.25) is 5.91 Å². The highest BCUT2D eigenvalue weighted by Gasteiger charge is 2.22. The lowest BCUT2D eigenvalue weighted by molar-refractivity contribution is -0.119. The van der Waals surface area contributed by atoms with E-state index in [1.54, 1.807) is 11.7 Å². The van der Waals surface area contributed by atoms with Crippen LogP contribution in [-0.4, -0.2) is 37.3 Å². The fraction of sp³-hybridized carbons (Fsp3) is 0.500. The second-order valence-electron chi connectivity index (χ2n) is 11.3. The highest BCUT2D eigenvalue weighted by molar-refractivity contribution is 5.89. The first kappa shape index (κ1) is 28.0. The smallest absolute Gasteiger partial charge is 0.413 e. The molecule has 1 aromatic carbocycles. The van der Waals surface area contributed by atoms with Crippen LogP contribution in [0.4, 0.5) is 10.6 Å². The molecule has 1 unspecified atom stereocenters. The summed E-state index contributed by atoms with van der Waals surface area (Å²) in [6, 6.07) is 7.71. The summed E-state index contributed by atoms with van der Waals surface area (Å²) >= 11 is 0. The predicted molar refractivity (Wildman–Crippen MR) is 145 cm³/mol. The molecule has 0 bridgehead atoms. The number of amides is 2. The summed E-state index contributed by atoms with van der Waals surface area (Å²) in [6.07, 6.45) is 5.70. The van der Waals surface area contributed by atoms with E-state index < -0.39 is 11.7 Å². The number of nitrogens with one attached hydrogen (secondary N) is 3. The van der Waals surface area contributed by atoms with Crippen molar-refractivity contribution in [3.05, 3.63) is 53.7 Å². The number of aromatic amines is 1. The van der Waals surface area contributed by atoms with Crippen LogP contribution in [-0.2, 0) is 29.4 Å². The Morgan fingerprint density at radius 3 is 2.41 bits per heavy atom. The van der Waals surface area contributed by atoms with Crippen LogP contribution in [0.2, 0.25) is 0 Å². The molecule has 0 radical (unpaired) electrons. The molecule has 0 spiro atoms. The van der Waals surface area contributed by atoms with E-state index in [1.807, 2.05) is 57.4 Å². The maximum Gasteiger partial charge on any atom is 0.413 e. The van der Waals surface area contributed by atoms with E-state index in [-0.39, 0.29) is 17.4 Å². The number of benzene rings is 1. The van der Waals surface area contributed by atoms with Gasteiger partial charge < -0.3 is 15.0 Å². The van der Waals surface area contributed by atoms with Gasteiger partial charge in [-0.3, -0.25) is 14.8 Å². The molecule has 0 aliphatic carbocycles. The quantitative estimate of drug-likeness (QED) is 0.350. The molecular formula is C28H40N6O3. The molecule has 2 heterocycles. The fourth-order valence-electron chi connectivity index (χ4n) is 3.99. The number of aryl methyl sites for hydroxylation is 1. The van der Waals surface area contributed by atoms with Gasteiger partial charge in [0.15, 0.2) is 5.82 Å². The molecule has 0 fully saturated rings. The van der Waals surface area contributed by atoms with E-state index in [4.69, 9.17) is 4.74 Å². The summed E-state index contributed by atoms with van der Waals surface area (Å²) in [6.45, 7) is 13.6. The van der Waals surface area contributed by atoms with E-state index in [9.17, 15) is 9.59 Å². The van der Waals surface area contributed by atoms with E-state index >= 15 is 0 Å². The second-order valence-corrected chi connectivity index (χ2v) is 11.3. The summed E-state index contributed by atoms with van der Waals surface area (Å²) in [5, 5.41) is 10.2. The van der Waals surface area contributed by atoms with Gasteiger partial charge in [0.05, 0.1) is 6.04 Å². The SMILES string of the molecule is CCC(C)(C)Cc1cnc(C(Cc2ccc(-c3cn(C)nc3NC(=O)OC(C)(C)C)cc2)NC(C)=O)[nH]1. The topological polar surface area (TPSA) is 114 Å². The van der Waals surface area contributed by atoms with Crippen molar-refractivity contribution < 1.29 is 14.3 Å². The van der Waals surface area contributed by atoms with Gasteiger partial charge in [-0.2, -0.15) is 5.10 Å². The number of ether oxygens (including phenoxy) is 1. The van der Waals surface area contributed by atoms with Crippen molar-refractivity contribution in [1.29, 1.82) is 0 Å². The number of imidazole rings is 1. The highest BCUT2D eigenvalue weighted by atomic mass is 16.6. The molecule has 1 atom stereocenters. The molecule has 37 heavy (non-hydrogen) atoms. The van der Waals surface area contributed by atoms with Gasteiger partial charge >= 0.3 is 6.09 Å². The Bertz CT molecular complexity index is 1220. The number of carbonyl (C=O) groups excluding carboxylic acids is 2. The van der Waals surface area contributed by atoms with Gasteiger partial charge in [-0.15, -0.1) is 0 Å².